The van der Waals surface area contributed by atoms with Gasteiger partial charge in [0.2, 0.25) is 0 Å². The molecule has 29 heavy (non-hydrogen) atoms. The molecule has 0 unspecified atom stereocenters. The fourth-order valence-electron chi connectivity index (χ4n) is 4.95. The first-order valence-corrected chi connectivity index (χ1v) is 10.8. The van der Waals surface area contributed by atoms with Crippen molar-refractivity contribution in [2.75, 3.05) is 0 Å². The molecule has 0 amide bonds. The number of halogens is 1. The molecule has 1 aromatic carbocycles. The van der Waals surface area contributed by atoms with Crippen LogP contribution in [0.15, 0.2) is 46.8 Å². The molecule has 0 radical (unpaired) electrons. The van der Waals surface area contributed by atoms with Gasteiger partial charge in [0.15, 0.2) is 5.78 Å². The summed E-state index contributed by atoms with van der Waals surface area (Å²) in [5, 5.41) is 3.93. The van der Waals surface area contributed by atoms with E-state index in [1.54, 1.807) is 0 Å². The maximum atomic E-state index is 13.3. The standard InChI is InChI=1S/C24H28ClNO3/c1-14-20(23(28)29-15-8-4-5-9-15)21(16-10-6-7-11-17(16)25)22-18(26-14)12-24(2,3)13-19(22)27/h6-7,10-11,15,21,26H,4-5,8-9,12-13H2,1-3H3/t21-/m0/s1. The highest BCUT2D eigenvalue weighted by molar-refractivity contribution is 6.31. The van der Waals surface area contributed by atoms with E-state index >= 15 is 0 Å². The number of dihydropyridines is 1. The molecule has 1 heterocycles. The fraction of sp³-hybridized carbons (Fsp3) is 0.500. The van der Waals surface area contributed by atoms with Crippen LogP contribution in [0.1, 0.15) is 70.8 Å². The van der Waals surface area contributed by atoms with E-state index in [0.29, 0.717) is 22.6 Å². The summed E-state index contributed by atoms with van der Waals surface area (Å²) in [6.45, 7) is 6.10. The normalized spacial score (nSPS) is 24.4. The Kier molecular flexibility index (Phi) is 5.32. The summed E-state index contributed by atoms with van der Waals surface area (Å²) in [4.78, 5) is 26.5. The molecule has 1 atom stereocenters. The van der Waals surface area contributed by atoms with E-state index in [9.17, 15) is 9.59 Å². The lowest BCUT2D eigenvalue weighted by atomic mass is 9.68. The minimum Gasteiger partial charge on any atom is -0.459 e. The number of Topliss-reactive ketones (excluding diaryl/α,β-unsaturated/α-hetero) is 1. The molecular formula is C24H28ClNO3. The first-order chi connectivity index (χ1) is 13.8. The van der Waals surface area contributed by atoms with Gasteiger partial charge in [0.05, 0.1) is 5.57 Å². The molecule has 5 heteroatoms. The zero-order valence-electron chi connectivity index (χ0n) is 17.3. The second kappa shape index (κ2) is 7.64. The number of hydrogen-bond donors (Lipinski definition) is 1. The monoisotopic (exact) mass is 413 g/mol. The zero-order chi connectivity index (χ0) is 20.8. The van der Waals surface area contributed by atoms with Crippen LogP contribution in [-0.4, -0.2) is 17.9 Å². The Balaban J connectivity index is 1.80. The number of carbonyl (C=O) groups excluding carboxylic acids is 2. The number of rotatable bonds is 3. The number of esters is 1. The smallest absolute Gasteiger partial charge is 0.337 e. The third-order valence-electron chi connectivity index (χ3n) is 6.25. The van der Waals surface area contributed by atoms with Crippen LogP contribution in [0.5, 0.6) is 0 Å². The highest BCUT2D eigenvalue weighted by Gasteiger charge is 2.44. The van der Waals surface area contributed by atoms with Crippen molar-refractivity contribution in [3.63, 3.8) is 0 Å². The third kappa shape index (κ3) is 3.87. The van der Waals surface area contributed by atoms with Crippen LogP contribution >= 0.6 is 11.6 Å². The van der Waals surface area contributed by atoms with Crippen molar-refractivity contribution in [2.45, 2.75) is 71.3 Å². The summed E-state index contributed by atoms with van der Waals surface area (Å²) in [6, 6.07) is 7.48. The van der Waals surface area contributed by atoms with Gasteiger partial charge in [-0.15, -0.1) is 0 Å². The maximum absolute atomic E-state index is 13.3. The van der Waals surface area contributed by atoms with Gasteiger partial charge in [0, 0.05) is 34.3 Å². The molecule has 0 aromatic heterocycles. The van der Waals surface area contributed by atoms with Gasteiger partial charge in [-0.05, 0) is 56.1 Å². The molecule has 1 fully saturated rings. The van der Waals surface area contributed by atoms with Crippen molar-refractivity contribution in [2.24, 2.45) is 5.41 Å². The molecule has 0 bridgehead atoms. The summed E-state index contributed by atoms with van der Waals surface area (Å²) < 4.78 is 5.85. The quantitative estimate of drug-likeness (QED) is 0.671. The van der Waals surface area contributed by atoms with Crippen molar-refractivity contribution in [3.8, 4) is 0 Å². The van der Waals surface area contributed by atoms with Crippen LogP contribution in [0, 0.1) is 5.41 Å². The molecule has 1 saturated carbocycles. The van der Waals surface area contributed by atoms with E-state index in [1.165, 1.54) is 0 Å². The lowest BCUT2D eigenvalue weighted by molar-refractivity contribution is -0.144. The highest BCUT2D eigenvalue weighted by Crippen LogP contribution is 2.48. The third-order valence-corrected chi connectivity index (χ3v) is 6.60. The first-order valence-electron chi connectivity index (χ1n) is 10.5. The van der Waals surface area contributed by atoms with Crippen molar-refractivity contribution in [1.82, 2.24) is 5.32 Å². The largest absolute Gasteiger partial charge is 0.459 e. The Morgan fingerprint density at radius 1 is 1.17 bits per heavy atom. The minimum absolute atomic E-state index is 0.0361. The Morgan fingerprint density at radius 3 is 2.55 bits per heavy atom. The van der Waals surface area contributed by atoms with Gasteiger partial charge < -0.3 is 10.1 Å². The van der Waals surface area contributed by atoms with Crippen LogP contribution in [0.25, 0.3) is 0 Å². The van der Waals surface area contributed by atoms with Crippen LogP contribution in [0.3, 0.4) is 0 Å². The second-order valence-electron chi connectivity index (χ2n) is 9.26. The maximum Gasteiger partial charge on any atom is 0.337 e. The van der Waals surface area contributed by atoms with Crippen molar-refractivity contribution < 1.29 is 14.3 Å². The molecular weight excluding hydrogens is 386 g/mol. The van der Waals surface area contributed by atoms with E-state index in [-0.39, 0.29) is 23.3 Å². The van der Waals surface area contributed by atoms with E-state index in [1.807, 2.05) is 31.2 Å². The molecule has 3 aliphatic rings. The Labute approximate surface area is 177 Å². The highest BCUT2D eigenvalue weighted by atomic mass is 35.5. The van der Waals surface area contributed by atoms with E-state index in [2.05, 4.69) is 19.2 Å². The Bertz CT molecular complexity index is 922. The van der Waals surface area contributed by atoms with Crippen LogP contribution < -0.4 is 5.32 Å². The minimum atomic E-state index is -0.488. The molecule has 2 aliphatic carbocycles. The van der Waals surface area contributed by atoms with Crippen LogP contribution in [0.2, 0.25) is 5.02 Å². The second-order valence-corrected chi connectivity index (χ2v) is 9.67. The van der Waals surface area contributed by atoms with Gasteiger partial charge >= 0.3 is 5.97 Å². The van der Waals surface area contributed by atoms with Gasteiger partial charge in [0.1, 0.15) is 6.10 Å². The summed E-state index contributed by atoms with van der Waals surface area (Å²) in [5.41, 5.74) is 3.51. The average molecular weight is 414 g/mol. The number of ether oxygens (including phenoxy) is 1. The molecule has 0 saturated heterocycles. The van der Waals surface area contributed by atoms with Gasteiger partial charge in [0.25, 0.3) is 0 Å². The molecule has 1 aliphatic heterocycles. The van der Waals surface area contributed by atoms with E-state index < -0.39 is 5.92 Å². The van der Waals surface area contributed by atoms with E-state index in [0.717, 1.165) is 49.1 Å². The summed E-state index contributed by atoms with van der Waals surface area (Å²) in [5.74, 6) is -0.749. The Morgan fingerprint density at radius 2 is 1.86 bits per heavy atom. The van der Waals surface area contributed by atoms with Crippen molar-refractivity contribution in [3.05, 3.63) is 57.4 Å². The molecule has 1 aromatic rings. The summed E-state index contributed by atoms with van der Waals surface area (Å²) in [6.07, 6.45) is 5.17. The number of ketones is 1. The molecule has 4 rings (SSSR count). The van der Waals surface area contributed by atoms with Gasteiger partial charge in [-0.25, -0.2) is 4.79 Å². The van der Waals surface area contributed by atoms with Gasteiger partial charge in [-0.2, -0.15) is 0 Å². The predicted octanol–water partition coefficient (Wildman–Crippen LogP) is 5.43. The number of nitrogens with one attached hydrogen (secondary N) is 1. The Hall–Kier alpha value is -2.07. The number of benzene rings is 1. The fourth-order valence-corrected chi connectivity index (χ4v) is 5.19. The SMILES string of the molecule is CC1=C(C(=O)OC2CCCC2)[C@H](c2ccccc2Cl)C2=C(CC(C)(C)CC2=O)N1. The number of carbonyl (C=O) groups is 2. The lowest BCUT2D eigenvalue weighted by Gasteiger charge is -2.39. The predicted molar refractivity (Wildman–Crippen MR) is 113 cm³/mol. The van der Waals surface area contributed by atoms with Gasteiger partial charge in [-0.3, -0.25) is 4.79 Å². The molecule has 4 nitrogen and oxygen atoms in total. The number of allylic oxidation sites excluding steroid dienone is 3. The zero-order valence-corrected chi connectivity index (χ0v) is 18.1. The number of hydrogen-bond acceptors (Lipinski definition) is 4. The topological polar surface area (TPSA) is 55.4 Å². The van der Waals surface area contributed by atoms with Crippen molar-refractivity contribution in [1.29, 1.82) is 0 Å². The van der Waals surface area contributed by atoms with Crippen molar-refractivity contribution >= 4 is 23.4 Å². The molecule has 1 N–H and O–H groups in total. The van der Waals surface area contributed by atoms with Gasteiger partial charge in [-0.1, -0.05) is 43.6 Å². The lowest BCUT2D eigenvalue weighted by Crippen LogP contribution is -2.39. The summed E-state index contributed by atoms with van der Waals surface area (Å²) in [7, 11) is 0. The average Bonchev–Trinajstić information content (AvgIpc) is 3.12. The molecule has 154 valence electrons. The van der Waals surface area contributed by atoms with E-state index in [4.69, 9.17) is 16.3 Å². The van der Waals surface area contributed by atoms with Crippen LogP contribution in [0.4, 0.5) is 0 Å². The molecule has 0 spiro atoms. The van der Waals surface area contributed by atoms with Crippen LogP contribution in [-0.2, 0) is 14.3 Å². The first kappa shape index (κ1) is 20.2. The summed E-state index contributed by atoms with van der Waals surface area (Å²) >= 11 is 6.55.